The first-order valence-electron chi connectivity index (χ1n) is 4.52. The Morgan fingerprint density at radius 1 is 1.33 bits per heavy atom. The standard InChI is InChI=1S/C9H18BrN2/c1-12(7-3-2-4-10)8-5-11-6-9-12/h2-3,11H,4-9H2,1H3/q+1/b3-2+. The molecular formula is C9H18BrN2+. The summed E-state index contributed by atoms with van der Waals surface area (Å²) in [6.07, 6.45) is 4.46. The minimum atomic E-state index is 0.977. The van der Waals surface area contributed by atoms with E-state index in [1.807, 2.05) is 0 Å². The average molecular weight is 234 g/mol. The van der Waals surface area contributed by atoms with E-state index in [0.29, 0.717) is 0 Å². The fourth-order valence-corrected chi connectivity index (χ4v) is 1.77. The molecule has 0 bridgehead atoms. The molecule has 2 nitrogen and oxygen atoms in total. The number of nitrogens with zero attached hydrogens (tertiary/aromatic N) is 1. The van der Waals surface area contributed by atoms with Crippen molar-refractivity contribution in [3.05, 3.63) is 12.2 Å². The van der Waals surface area contributed by atoms with E-state index in [-0.39, 0.29) is 0 Å². The van der Waals surface area contributed by atoms with Crippen LogP contribution < -0.4 is 5.32 Å². The van der Waals surface area contributed by atoms with Gasteiger partial charge in [0.1, 0.15) is 0 Å². The summed E-state index contributed by atoms with van der Waals surface area (Å²) in [7, 11) is 2.33. The monoisotopic (exact) mass is 233 g/mol. The summed E-state index contributed by atoms with van der Waals surface area (Å²) in [5.41, 5.74) is 0. The normalized spacial score (nSPS) is 23.2. The molecule has 0 aromatic rings. The molecule has 0 aromatic carbocycles. The molecule has 1 saturated heterocycles. The highest BCUT2D eigenvalue weighted by Gasteiger charge is 2.22. The number of hydrogen-bond acceptors (Lipinski definition) is 1. The first-order chi connectivity index (χ1) is 5.77. The Hall–Kier alpha value is 0.140. The maximum atomic E-state index is 3.39. The SMILES string of the molecule is C[N+]1(C/C=C/CBr)CCNCC1. The molecule has 1 aliphatic heterocycles. The number of nitrogens with one attached hydrogen (secondary N) is 1. The predicted molar refractivity (Wildman–Crippen MR) is 56.6 cm³/mol. The van der Waals surface area contributed by atoms with Crippen LogP contribution in [0.25, 0.3) is 0 Å². The van der Waals surface area contributed by atoms with E-state index in [9.17, 15) is 0 Å². The predicted octanol–water partition coefficient (Wildman–Crippen LogP) is 0.987. The first kappa shape index (κ1) is 10.2. The van der Waals surface area contributed by atoms with Gasteiger partial charge in [-0.2, -0.15) is 0 Å². The number of likely N-dealkylation sites (N-methyl/N-ethyl adjacent to an activating group) is 1. The van der Waals surface area contributed by atoms with Crippen molar-refractivity contribution in [2.75, 3.05) is 45.1 Å². The van der Waals surface area contributed by atoms with Gasteiger partial charge in [0.15, 0.2) is 0 Å². The second kappa shape index (κ2) is 5.00. The second-order valence-electron chi connectivity index (χ2n) is 3.62. The Balaban J connectivity index is 2.31. The summed E-state index contributed by atoms with van der Waals surface area (Å²) < 4.78 is 1.19. The Kier molecular flexibility index (Phi) is 4.26. The van der Waals surface area contributed by atoms with E-state index in [0.717, 1.165) is 5.33 Å². The van der Waals surface area contributed by atoms with Crippen LogP contribution in [0, 0.1) is 0 Å². The minimum Gasteiger partial charge on any atom is -0.321 e. The van der Waals surface area contributed by atoms with Gasteiger partial charge >= 0.3 is 0 Å². The molecule has 70 valence electrons. The third kappa shape index (κ3) is 3.25. The fraction of sp³-hybridized carbons (Fsp3) is 0.778. The summed E-state index contributed by atoms with van der Waals surface area (Å²) in [5.74, 6) is 0. The lowest BCUT2D eigenvalue weighted by atomic mass is 10.3. The number of alkyl halides is 1. The number of halogens is 1. The zero-order chi connectivity index (χ0) is 8.86. The third-order valence-electron chi connectivity index (χ3n) is 2.46. The van der Waals surface area contributed by atoms with Crippen LogP contribution in [-0.2, 0) is 0 Å². The summed E-state index contributed by atoms with van der Waals surface area (Å²) >= 11 is 3.39. The van der Waals surface area contributed by atoms with Crippen LogP contribution in [0.4, 0.5) is 0 Å². The van der Waals surface area contributed by atoms with Crippen molar-refractivity contribution < 1.29 is 4.48 Å². The maximum Gasteiger partial charge on any atom is 0.0972 e. The van der Waals surface area contributed by atoms with Crippen molar-refractivity contribution >= 4 is 15.9 Å². The van der Waals surface area contributed by atoms with Crippen LogP contribution in [0.1, 0.15) is 0 Å². The Morgan fingerprint density at radius 3 is 2.58 bits per heavy atom. The quantitative estimate of drug-likeness (QED) is 0.436. The Bertz CT molecular complexity index is 151. The van der Waals surface area contributed by atoms with Gasteiger partial charge < -0.3 is 9.80 Å². The van der Waals surface area contributed by atoms with Crippen LogP contribution in [-0.4, -0.2) is 49.6 Å². The van der Waals surface area contributed by atoms with Gasteiger partial charge in [0.25, 0.3) is 0 Å². The number of allylic oxidation sites excluding steroid dienone is 1. The number of piperazine rings is 1. The molecule has 0 saturated carbocycles. The van der Waals surface area contributed by atoms with Crippen molar-refractivity contribution in [2.45, 2.75) is 0 Å². The molecule has 3 heteroatoms. The summed E-state index contributed by atoms with van der Waals surface area (Å²) in [5, 5.41) is 4.36. The number of hydrogen-bond donors (Lipinski definition) is 1. The third-order valence-corrected chi connectivity index (χ3v) is 2.83. The van der Waals surface area contributed by atoms with Crippen molar-refractivity contribution in [3.8, 4) is 0 Å². The van der Waals surface area contributed by atoms with Crippen molar-refractivity contribution in [1.82, 2.24) is 5.32 Å². The molecule has 0 spiro atoms. The first-order valence-corrected chi connectivity index (χ1v) is 5.64. The molecule has 1 fully saturated rings. The van der Waals surface area contributed by atoms with Gasteiger partial charge in [0.2, 0.25) is 0 Å². The van der Waals surface area contributed by atoms with Gasteiger partial charge in [-0.3, -0.25) is 0 Å². The molecule has 1 N–H and O–H groups in total. The molecule has 0 aromatic heterocycles. The molecule has 0 atom stereocenters. The van der Waals surface area contributed by atoms with Crippen LogP contribution in [0.5, 0.6) is 0 Å². The van der Waals surface area contributed by atoms with Gasteiger partial charge in [0.05, 0.1) is 26.7 Å². The zero-order valence-electron chi connectivity index (χ0n) is 7.72. The highest BCUT2D eigenvalue weighted by molar-refractivity contribution is 9.09. The van der Waals surface area contributed by atoms with Crippen molar-refractivity contribution in [3.63, 3.8) is 0 Å². The van der Waals surface area contributed by atoms with Gasteiger partial charge in [-0.05, 0) is 6.08 Å². The smallest absolute Gasteiger partial charge is 0.0972 e. The zero-order valence-corrected chi connectivity index (χ0v) is 9.31. The van der Waals surface area contributed by atoms with Crippen molar-refractivity contribution in [2.24, 2.45) is 0 Å². The van der Waals surface area contributed by atoms with Gasteiger partial charge in [-0.1, -0.05) is 22.0 Å². The lowest BCUT2D eigenvalue weighted by Gasteiger charge is -2.37. The lowest BCUT2D eigenvalue weighted by Crippen LogP contribution is -2.55. The highest BCUT2D eigenvalue weighted by atomic mass is 79.9. The Morgan fingerprint density at radius 2 is 2.00 bits per heavy atom. The average Bonchev–Trinajstić information content (AvgIpc) is 2.06. The van der Waals surface area contributed by atoms with E-state index in [4.69, 9.17) is 0 Å². The number of rotatable bonds is 3. The molecule has 1 heterocycles. The van der Waals surface area contributed by atoms with E-state index < -0.39 is 0 Å². The lowest BCUT2D eigenvalue weighted by molar-refractivity contribution is -0.905. The molecule has 0 radical (unpaired) electrons. The van der Waals surface area contributed by atoms with Crippen LogP contribution in [0.2, 0.25) is 0 Å². The summed E-state index contributed by atoms with van der Waals surface area (Å²) in [4.78, 5) is 0. The van der Waals surface area contributed by atoms with Crippen molar-refractivity contribution in [1.29, 1.82) is 0 Å². The van der Waals surface area contributed by atoms with Crippen LogP contribution in [0.15, 0.2) is 12.2 Å². The number of quaternary nitrogens is 1. The van der Waals surface area contributed by atoms with Gasteiger partial charge in [-0.25, -0.2) is 0 Å². The van der Waals surface area contributed by atoms with E-state index >= 15 is 0 Å². The topological polar surface area (TPSA) is 12.0 Å². The minimum absolute atomic E-state index is 0.977. The molecular weight excluding hydrogens is 216 g/mol. The van der Waals surface area contributed by atoms with E-state index in [1.54, 1.807) is 0 Å². The van der Waals surface area contributed by atoms with Gasteiger partial charge in [0, 0.05) is 18.4 Å². The Labute approximate surface area is 83.4 Å². The van der Waals surface area contributed by atoms with E-state index in [2.05, 4.69) is 40.4 Å². The van der Waals surface area contributed by atoms with Crippen LogP contribution >= 0.6 is 15.9 Å². The maximum absolute atomic E-state index is 3.39. The molecule has 1 aliphatic rings. The highest BCUT2D eigenvalue weighted by Crippen LogP contribution is 2.04. The molecule has 0 aliphatic carbocycles. The molecule has 1 rings (SSSR count). The van der Waals surface area contributed by atoms with E-state index in [1.165, 1.54) is 37.2 Å². The molecule has 0 unspecified atom stereocenters. The second-order valence-corrected chi connectivity index (χ2v) is 4.27. The summed E-state index contributed by atoms with van der Waals surface area (Å²) in [6, 6.07) is 0. The molecule has 12 heavy (non-hydrogen) atoms. The molecule has 0 amide bonds. The van der Waals surface area contributed by atoms with Gasteiger partial charge in [-0.15, -0.1) is 0 Å². The fourth-order valence-electron chi connectivity index (χ4n) is 1.51. The van der Waals surface area contributed by atoms with Crippen LogP contribution in [0.3, 0.4) is 0 Å². The summed E-state index contributed by atoms with van der Waals surface area (Å²) in [6.45, 7) is 6.02. The largest absolute Gasteiger partial charge is 0.321 e.